The summed E-state index contributed by atoms with van der Waals surface area (Å²) in [4.78, 5) is 25.1. The van der Waals surface area contributed by atoms with Crippen LogP contribution in [0.4, 0.5) is 4.79 Å². The summed E-state index contributed by atoms with van der Waals surface area (Å²) in [7, 11) is 1.55. The fourth-order valence-electron chi connectivity index (χ4n) is 3.24. The minimum absolute atomic E-state index is 0.0897. The third-order valence-electron chi connectivity index (χ3n) is 4.81. The number of nitrogens with two attached hydrogens (primary N) is 1. The molecule has 0 unspecified atom stereocenters. The molecule has 0 aliphatic carbocycles. The second-order valence-corrected chi connectivity index (χ2v) is 6.98. The van der Waals surface area contributed by atoms with Crippen LogP contribution in [0.1, 0.15) is 40.7 Å². The van der Waals surface area contributed by atoms with Crippen molar-refractivity contribution in [2.75, 3.05) is 20.2 Å². The van der Waals surface area contributed by atoms with E-state index < -0.39 is 6.03 Å². The molecular weight excluding hydrogens is 384 g/mol. The lowest BCUT2D eigenvalue weighted by atomic mass is 10.1. The van der Waals surface area contributed by atoms with Gasteiger partial charge in [0.2, 0.25) is 0 Å². The molecule has 158 valence electrons. The molecule has 1 heterocycles. The summed E-state index contributed by atoms with van der Waals surface area (Å²) in [6, 6.07) is 12.0. The molecule has 2 aromatic carbocycles. The number of hydrazone groups is 1. The average Bonchev–Trinajstić information content (AvgIpc) is 2.78. The molecule has 0 spiro atoms. The lowest BCUT2D eigenvalue weighted by Crippen LogP contribution is -2.35. The summed E-state index contributed by atoms with van der Waals surface area (Å²) in [5.41, 5.74) is 9.47. The number of urea groups is 1. The Bertz CT molecular complexity index is 906. The van der Waals surface area contributed by atoms with Crippen molar-refractivity contribution < 1.29 is 19.1 Å². The van der Waals surface area contributed by atoms with Gasteiger partial charge in [0.05, 0.1) is 13.3 Å². The molecule has 0 atom stereocenters. The Morgan fingerprint density at radius 1 is 1.10 bits per heavy atom. The van der Waals surface area contributed by atoms with Gasteiger partial charge in [0.15, 0.2) is 11.5 Å². The molecule has 8 heteroatoms. The average molecular weight is 410 g/mol. The summed E-state index contributed by atoms with van der Waals surface area (Å²) in [6.07, 6.45) is 4.80. The highest BCUT2D eigenvalue weighted by molar-refractivity contribution is 5.94. The number of methoxy groups -OCH3 is 1. The molecule has 3 rings (SSSR count). The number of nitrogens with one attached hydrogen (secondary N) is 1. The van der Waals surface area contributed by atoms with E-state index in [2.05, 4.69) is 10.5 Å². The van der Waals surface area contributed by atoms with Crippen LogP contribution in [-0.2, 0) is 6.61 Å². The quantitative estimate of drug-likeness (QED) is 0.541. The Balaban J connectivity index is 1.60. The van der Waals surface area contributed by atoms with Crippen LogP contribution in [0, 0.1) is 0 Å². The van der Waals surface area contributed by atoms with Gasteiger partial charge in [-0.15, -0.1) is 0 Å². The highest BCUT2D eigenvalue weighted by atomic mass is 16.5. The topological polar surface area (TPSA) is 106 Å². The van der Waals surface area contributed by atoms with Crippen molar-refractivity contribution in [1.29, 1.82) is 0 Å². The van der Waals surface area contributed by atoms with Gasteiger partial charge >= 0.3 is 6.03 Å². The molecule has 0 radical (unpaired) electrons. The van der Waals surface area contributed by atoms with Crippen LogP contribution in [0.3, 0.4) is 0 Å². The molecule has 30 heavy (non-hydrogen) atoms. The summed E-state index contributed by atoms with van der Waals surface area (Å²) in [5.74, 6) is 1.20. The van der Waals surface area contributed by atoms with Gasteiger partial charge in [0.1, 0.15) is 6.61 Å². The lowest BCUT2D eigenvalue weighted by Gasteiger charge is -2.26. The number of piperidine rings is 1. The molecule has 0 bridgehead atoms. The van der Waals surface area contributed by atoms with E-state index in [1.807, 2.05) is 29.2 Å². The number of hydrogen-bond acceptors (Lipinski definition) is 5. The predicted molar refractivity (Wildman–Crippen MR) is 114 cm³/mol. The smallest absolute Gasteiger partial charge is 0.332 e. The summed E-state index contributed by atoms with van der Waals surface area (Å²) >= 11 is 0. The number of ether oxygens (including phenoxy) is 2. The molecule has 2 aromatic rings. The van der Waals surface area contributed by atoms with E-state index in [4.69, 9.17) is 15.2 Å². The largest absolute Gasteiger partial charge is 0.493 e. The Morgan fingerprint density at radius 2 is 1.83 bits per heavy atom. The zero-order valence-corrected chi connectivity index (χ0v) is 17.0. The maximum Gasteiger partial charge on any atom is 0.332 e. The minimum atomic E-state index is -0.734. The van der Waals surface area contributed by atoms with Crippen molar-refractivity contribution in [3.63, 3.8) is 0 Å². The number of benzene rings is 2. The van der Waals surface area contributed by atoms with Gasteiger partial charge in [-0.05, 0) is 60.7 Å². The van der Waals surface area contributed by atoms with E-state index in [-0.39, 0.29) is 5.91 Å². The monoisotopic (exact) mass is 410 g/mol. The predicted octanol–water partition coefficient (Wildman–Crippen LogP) is 2.90. The fourth-order valence-corrected chi connectivity index (χ4v) is 3.24. The van der Waals surface area contributed by atoms with Gasteiger partial charge in [0, 0.05) is 18.7 Å². The molecular formula is C22H26N4O4. The Morgan fingerprint density at radius 3 is 2.50 bits per heavy atom. The molecule has 1 fully saturated rings. The Hall–Kier alpha value is -3.55. The normalized spacial score (nSPS) is 13.8. The maximum absolute atomic E-state index is 12.6. The molecule has 3 N–H and O–H groups in total. The van der Waals surface area contributed by atoms with E-state index in [0.29, 0.717) is 29.2 Å². The number of primary amides is 1. The zero-order chi connectivity index (χ0) is 21.3. The Labute approximate surface area is 175 Å². The van der Waals surface area contributed by atoms with E-state index >= 15 is 0 Å². The number of carbonyl (C=O) groups excluding carboxylic acids is 2. The van der Waals surface area contributed by atoms with Crippen molar-refractivity contribution in [3.05, 3.63) is 59.2 Å². The number of rotatable bonds is 7. The van der Waals surface area contributed by atoms with Gasteiger partial charge in [0.25, 0.3) is 5.91 Å². The maximum atomic E-state index is 12.6. The van der Waals surface area contributed by atoms with Crippen molar-refractivity contribution in [2.24, 2.45) is 10.8 Å². The molecule has 1 aliphatic heterocycles. The number of amides is 3. The van der Waals surface area contributed by atoms with Gasteiger partial charge in [-0.3, -0.25) is 4.79 Å². The third-order valence-corrected chi connectivity index (χ3v) is 4.81. The van der Waals surface area contributed by atoms with E-state index in [0.717, 1.165) is 31.5 Å². The second-order valence-electron chi connectivity index (χ2n) is 6.98. The van der Waals surface area contributed by atoms with Gasteiger partial charge in [-0.25, -0.2) is 10.2 Å². The first kappa shape index (κ1) is 21.2. The highest BCUT2D eigenvalue weighted by Gasteiger charge is 2.17. The van der Waals surface area contributed by atoms with E-state index in [1.165, 1.54) is 12.6 Å². The molecule has 0 saturated carbocycles. The first-order chi connectivity index (χ1) is 14.6. The summed E-state index contributed by atoms with van der Waals surface area (Å²) < 4.78 is 11.2. The summed E-state index contributed by atoms with van der Waals surface area (Å²) in [5, 5.41) is 3.72. The molecule has 1 aliphatic rings. The first-order valence-corrected chi connectivity index (χ1v) is 9.84. The molecule has 1 saturated heterocycles. The van der Waals surface area contributed by atoms with Crippen LogP contribution < -0.4 is 20.6 Å². The van der Waals surface area contributed by atoms with Crippen LogP contribution in [0.15, 0.2) is 47.6 Å². The van der Waals surface area contributed by atoms with E-state index in [1.54, 1.807) is 25.3 Å². The van der Waals surface area contributed by atoms with Gasteiger partial charge in [-0.1, -0.05) is 12.1 Å². The number of nitrogens with zero attached hydrogens (tertiary/aromatic N) is 2. The van der Waals surface area contributed by atoms with Gasteiger partial charge < -0.3 is 20.1 Å². The van der Waals surface area contributed by atoms with Crippen LogP contribution in [0.25, 0.3) is 0 Å². The minimum Gasteiger partial charge on any atom is -0.493 e. The SMILES string of the molecule is COc1cc(C=NNC(N)=O)ccc1OCc1ccc(C(=O)N2CCCCC2)cc1. The standard InChI is InChI=1S/C22H26N4O4/c1-29-20-13-17(14-24-25-22(23)28)7-10-19(20)30-15-16-5-8-18(9-6-16)21(27)26-11-3-2-4-12-26/h5-10,13-14H,2-4,11-12,15H2,1H3,(H3,23,25,28). The van der Waals surface area contributed by atoms with Crippen LogP contribution in [0.5, 0.6) is 11.5 Å². The van der Waals surface area contributed by atoms with Crippen molar-refractivity contribution in [2.45, 2.75) is 25.9 Å². The number of hydrogen-bond donors (Lipinski definition) is 2. The van der Waals surface area contributed by atoms with Gasteiger partial charge in [-0.2, -0.15) is 5.10 Å². The van der Waals surface area contributed by atoms with Crippen LogP contribution >= 0.6 is 0 Å². The number of likely N-dealkylation sites (tertiary alicyclic amines) is 1. The van der Waals surface area contributed by atoms with Crippen molar-refractivity contribution >= 4 is 18.2 Å². The van der Waals surface area contributed by atoms with Crippen molar-refractivity contribution in [3.8, 4) is 11.5 Å². The van der Waals surface area contributed by atoms with E-state index in [9.17, 15) is 9.59 Å². The third kappa shape index (κ3) is 5.73. The summed E-state index contributed by atoms with van der Waals surface area (Å²) in [6.45, 7) is 2.01. The lowest BCUT2D eigenvalue weighted by molar-refractivity contribution is 0.0724. The van der Waals surface area contributed by atoms with Crippen LogP contribution in [-0.4, -0.2) is 43.3 Å². The molecule has 0 aromatic heterocycles. The molecule has 3 amide bonds. The number of carbonyl (C=O) groups is 2. The fraction of sp³-hybridized carbons (Fsp3) is 0.318. The Kier molecular flexibility index (Phi) is 7.26. The van der Waals surface area contributed by atoms with Crippen LogP contribution in [0.2, 0.25) is 0 Å². The first-order valence-electron chi connectivity index (χ1n) is 9.84. The second kappa shape index (κ2) is 10.3. The van der Waals surface area contributed by atoms with Crippen molar-refractivity contribution in [1.82, 2.24) is 10.3 Å². The molecule has 8 nitrogen and oxygen atoms in total. The highest BCUT2D eigenvalue weighted by Crippen LogP contribution is 2.28. The zero-order valence-electron chi connectivity index (χ0n) is 17.0.